The first kappa shape index (κ1) is 12.9. The van der Waals surface area contributed by atoms with Crippen molar-refractivity contribution in [3.05, 3.63) is 58.9 Å². The summed E-state index contributed by atoms with van der Waals surface area (Å²) in [5, 5.41) is 3.76. The first-order valence-corrected chi connectivity index (χ1v) is 5.42. The Morgan fingerprint density at radius 3 is 2.62 bits per heavy atom. The third kappa shape index (κ3) is 5.10. The Kier molecular flexibility index (Phi) is 5.23. The lowest BCUT2D eigenvalue weighted by Crippen LogP contribution is -2.15. The second kappa shape index (κ2) is 6.46. The van der Waals surface area contributed by atoms with Crippen LogP contribution >= 0.6 is 11.6 Å². The quantitative estimate of drug-likeness (QED) is 0.774. The maximum absolute atomic E-state index is 12.6. The van der Waals surface area contributed by atoms with E-state index in [0.717, 1.165) is 17.7 Å². The van der Waals surface area contributed by atoms with Gasteiger partial charge in [0, 0.05) is 18.1 Å². The Bertz CT molecular complexity index is 381. The molecule has 1 aromatic carbocycles. The standard InChI is InChI=1S/C13H15ClFN/c1-10(7-11(2)14)8-16-9-12-3-5-13(15)6-4-12/h3-7,16H,2,8-9H2,1H3/b10-7+. The zero-order chi connectivity index (χ0) is 12.0. The number of rotatable bonds is 5. The number of hydrogen-bond donors (Lipinski definition) is 1. The van der Waals surface area contributed by atoms with Crippen LogP contribution in [0, 0.1) is 5.82 Å². The fraction of sp³-hybridized carbons (Fsp3) is 0.231. The molecule has 0 radical (unpaired) electrons. The van der Waals surface area contributed by atoms with E-state index in [-0.39, 0.29) is 5.82 Å². The summed E-state index contributed by atoms with van der Waals surface area (Å²) in [6, 6.07) is 6.45. The molecule has 1 rings (SSSR count). The molecule has 0 aromatic heterocycles. The van der Waals surface area contributed by atoms with Gasteiger partial charge in [0.2, 0.25) is 0 Å². The topological polar surface area (TPSA) is 12.0 Å². The van der Waals surface area contributed by atoms with Crippen LogP contribution in [0.4, 0.5) is 4.39 Å². The van der Waals surface area contributed by atoms with Crippen molar-refractivity contribution in [1.29, 1.82) is 0 Å². The van der Waals surface area contributed by atoms with Crippen LogP contribution in [0.3, 0.4) is 0 Å². The van der Waals surface area contributed by atoms with Crippen molar-refractivity contribution in [3.8, 4) is 0 Å². The minimum absolute atomic E-state index is 0.210. The summed E-state index contributed by atoms with van der Waals surface area (Å²) in [5.74, 6) is -0.210. The highest BCUT2D eigenvalue weighted by Gasteiger charge is 1.94. The molecule has 0 heterocycles. The lowest BCUT2D eigenvalue weighted by Gasteiger charge is -2.05. The van der Waals surface area contributed by atoms with E-state index in [9.17, 15) is 4.39 Å². The largest absolute Gasteiger partial charge is 0.309 e. The molecular formula is C13H15ClFN. The number of halogens is 2. The molecule has 1 aromatic rings. The average molecular weight is 240 g/mol. The molecule has 0 unspecified atom stereocenters. The predicted octanol–water partition coefficient (Wildman–Crippen LogP) is 3.61. The Balaban J connectivity index is 2.36. The molecule has 0 aliphatic heterocycles. The fourth-order valence-corrected chi connectivity index (χ4v) is 1.51. The van der Waals surface area contributed by atoms with Crippen molar-refractivity contribution < 1.29 is 4.39 Å². The Morgan fingerprint density at radius 1 is 1.44 bits per heavy atom. The van der Waals surface area contributed by atoms with Gasteiger partial charge in [-0.2, -0.15) is 0 Å². The van der Waals surface area contributed by atoms with Gasteiger partial charge in [-0.25, -0.2) is 4.39 Å². The summed E-state index contributed by atoms with van der Waals surface area (Å²) in [6.45, 7) is 7.02. The molecule has 0 saturated heterocycles. The van der Waals surface area contributed by atoms with Gasteiger partial charge in [-0.05, 0) is 30.7 Å². The summed E-state index contributed by atoms with van der Waals surface area (Å²) >= 11 is 5.65. The number of benzene rings is 1. The van der Waals surface area contributed by atoms with Gasteiger partial charge in [0.25, 0.3) is 0 Å². The smallest absolute Gasteiger partial charge is 0.123 e. The van der Waals surface area contributed by atoms with Crippen LogP contribution in [0.5, 0.6) is 0 Å². The molecule has 1 nitrogen and oxygen atoms in total. The summed E-state index contributed by atoms with van der Waals surface area (Å²) in [7, 11) is 0. The summed E-state index contributed by atoms with van der Waals surface area (Å²) in [4.78, 5) is 0. The maximum Gasteiger partial charge on any atom is 0.123 e. The molecule has 0 spiro atoms. The number of nitrogens with one attached hydrogen (secondary N) is 1. The molecule has 0 bridgehead atoms. The normalized spacial score (nSPS) is 11.6. The first-order chi connectivity index (χ1) is 7.58. The minimum Gasteiger partial charge on any atom is -0.309 e. The molecule has 0 saturated carbocycles. The zero-order valence-corrected chi connectivity index (χ0v) is 10.0. The van der Waals surface area contributed by atoms with Gasteiger partial charge in [-0.3, -0.25) is 0 Å². The second-order valence-corrected chi connectivity index (χ2v) is 4.15. The van der Waals surface area contributed by atoms with Crippen molar-refractivity contribution in [2.45, 2.75) is 13.5 Å². The average Bonchev–Trinajstić information content (AvgIpc) is 2.20. The van der Waals surface area contributed by atoms with Gasteiger partial charge in [0.1, 0.15) is 5.82 Å². The van der Waals surface area contributed by atoms with Gasteiger partial charge in [0.05, 0.1) is 0 Å². The molecule has 0 amide bonds. The maximum atomic E-state index is 12.6. The molecule has 0 fully saturated rings. The van der Waals surface area contributed by atoms with E-state index < -0.39 is 0 Å². The van der Waals surface area contributed by atoms with E-state index >= 15 is 0 Å². The number of allylic oxidation sites excluding steroid dienone is 2. The lowest BCUT2D eigenvalue weighted by molar-refractivity contribution is 0.626. The van der Waals surface area contributed by atoms with Crippen LogP contribution < -0.4 is 5.32 Å². The number of hydrogen-bond acceptors (Lipinski definition) is 1. The molecule has 0 atom stereocenters. The van der Waals surface area contributed by atoms with Gasteiger partial charge in [-0.1, -0.05) is 35.9 Å². The Morgan fingerprint density at radius 2 is 2.06 bits per heavy atom. The van der Waals surface area contributed by atoms with Crippen molar-refractivity contribution >= 4 is 11.6 Å². The predicted molar refractivity (Wildman–Crippen MR) is 66.9 cm³/mol. The zero-order valence-electron chi connectivity index (χ0n) is 9.26. The van der Waals surface area contributed by atoms with Gasteiger partial charge in [-0.15, -0.1) is 0 Å². The molecule has 0 aliphatic rings. The minimum atomic E-state index is -0.210. The molecule has 1 N–H and O–H groups in total. The van der Waals surface area contributed by atoms with E-state index in [4.69, 9.17) is 11.6 Å². The summed E-state index contributed by atoms with van der Waals surface area (Å²) in [5.41, 5.74) is 2.17. The molecule has 86 valence electrons. The van der Waals surface area contributed by atoms with Crippen molar-refractivity contribution in [1.82, 2.24) is 5.32 Å². The Labute approximate surface area is 101 Å². The summed E-state index contributed by atoms with van der Waals surface area (Å²) < 4.78 is 12.6. The van der Waals surface area contributed by atoms with Gasteiger partial charge in [0.15, 0.2) is 0 Å². The third-order valence-corrected chi connectivity index (χ3v) is 2.16. The van der Waals surface area contributed by atoms with Gasteiger partial charge >= 0.3 is 0 Å². The van der Waals surface area contributed by atoms with E-state index in [1.165, 1.54) is 12.1 Å². The third-order valence-electron chi connectivity index (χ3n) is 2.05. The van der Waals surface area contributed by atoms with E-state index in [1.54, 1.807) is 12.1 Å². The molecule has 0 aliphatic carbocycles. The lowest BCUT2D eigenvalue weighted by atomic mass is 10.2. The molecule has 16 heavy (non-hydrogen) atoms. The summed E-state index contributed by atoms with van der Waals surface area (Å²) in [6.07, 6.45) is 1.82. The highest BCUT2D eigenvalue weighted by Crippen LogP contribution is 2.04. The van der Waals surface area contributed by atoms with Crippen molar-refractivity contribution in [3.63, 3.8) is 0 Å². The van der Waals surface area contributed by atoms with Crippen molar-refractivity contribution in [2.75, 3.05) is 6.54 Å². The van der Waals surface area contributed by atoms with Crippen LogP contribution in [0.2, 0.25) is 0 Å². The Hall–Kier alpha value is -1.12. The van der Waals surface area contributed by atoms with Gasteiger partial charge < -0.3 is 5.32 Å². The molecular weight excluding hydrogens is 225 g/mol. The fourth-order valence-electron chi connectivity index (χ4n) is 1.32. The highest BCUT2D eigenvalue weighted by molar-refractivity contribution is 6.30. The van der Waals surface area contributed by atoms with E-state index in [2.05, 4.69) is 11.9 Å². The van der Waals surface area contributed by atoms with Crippen LogP contribution in [-0.4, -0.2) is 6.54 Å². The van der Waals surface area contributed by atoms with Crippen molar-refractivity contribution in [2.24, 2.45) is 0 Å². The monoisotopic (exact) mass is 239 g/mol. The van der Waals surface area contributed by atoms with Crippen LogP contribution in [-0.2, 0) is 6.54 Å². The van der Waals surface area contributed by atoms with E-state index in [0.29, 0.717) is 11.6 Å². The molecule has 3 heteroatoms. The SMILES string of the molecule is C=C(Cl)/C=C(\C)CNCc1ccc(F)cc1. The van der Waals surface area contributed by atoms with Crippen LogP contribution in [0.15, 0.2) is 47.5 Å². The van der Waals surface area contributed by atoms with E-state index in [1.807, 2.05) is 13.0 Å². The van der Waals surface area contributed by atoms with Crippen LogP contribution in [0.1, 0.15) is 12.5 Å². The highest BCUT2D eigenvalue weighted by atomic mass is 35.5. The van der Waals surface area contributed by atoms with Crippen LogP contribution in [0.25, 0.3) is 0 Å². The second-order valence-electron chi connectivity index (χ2n) is 3.67. The first-order valence-electron chi connectivity index (χ1n) is 5.04.